The molecule has 1 spiro atoms. The fourth-order valence-corrected chi connectivity index (χ4v) is 4.71. The van der Waals surface area contributed by atoms with Gasteiger partial charge in [-0.15, -0.1) is 0 Å². The molecule has 2 fully saturated rings. The molecule has 1 aromatic rings. The Balaban J connectivity index is 1.47. The molecule has 138 valence electrons. The Bertz CT molecular complexity index is 732. The number of hydrogen-bond acceptors (Lipinski definition) is 4. The van der Waals surface area contributed by atoms with Crippen LogP contribution < -0.4 is 10.0 Å². The number of ether oxygens (including phenoxy) is 1. The van der Waals surface area contributed by atoms with E-state index in [9.17, 15) is 17.6 Å². The molecule has 1 aliphatic carbocycles. The smallest absolute Gasteiger partial charge is 0.243 e. The highest BCUT2D eigenvalue weighted by Gasteiger charge is 2.47. The zero-order valence-electron chi connectivity index (χ0n) is 14.0. The summed E-state index contributed by atoms with van der Waals surface area (Å²) >= 11 is 0. The zero-order valence-corrected chi connectivity index (χ0v) is 14.8. The van der Waals surface area contributed by atoms with Gasteiger partial charge in [-0.25, -0.2) is 17.5 Å². The van der Waals surface area contributed by atoms with E-state index in [-0.39, 0.29) is 30.3 Å². The Kier molecular flexibility index (Phi) is 5.41. The summed E-state index contributed by atoms with van der Waals surface area (Å²) in [6.07, 6.45) is 3.99. The highest BCUT2D eigenvalue weighted by molar-refractivity contribution is 7.89. The largest absolute Gasteiger partial charge is 0.381 e. The first kappa shape index (κ1) is 18.3. The number of hydrogen-bond donors (Lipinski definition) is 2. The van der Waals surface area contributed by atoms with Crippen LogP contribution in [-0.2, 0) is 19.6 Å². The Morgan fingerprint density at radius 2 is 1.96 bits per heavy atom. The lowest BCUT2D eigenvalue weighted by molar-refractivity contribution is -0.126. The van der Waals surface area contributed by atoms with Crippen LogP contribution in [0.5, 0.6) is 0 Å². The van der Waals surface area contributed by atoms with Crippen LogP contribution >= 0.6 is 0 Å². The third kappa shape index (κ3) is 4.02. The number of amides is 1. The maximum Gasteiger partial charge on any atom is 0.243 e. The van der Waals surface area contributed by atoms with E-state index in [0.717, 1.165) is 45.0 Å². The van der Waals surface area contributed by atoms with Gasteiger partial charge in [-0.3, -0.25) is 4.79 Å². The van der Waals surface area contributed by atoms with Crippen LogP contribution in [-0.4, -0.2) is 40.1 Å². The minimum absolute atomic E-state index is 0.0246. The fourth-order valence-electron chi connectivity index (χ4n) is 3.60. The molecule has 2 N–H and O–H groups in total. The summed E-state index contributed by atoms with van der Waals surface area (Å²) in [6, 6.07) is 5.31. The number of sulfonamides is 1. The topological polar surface area (TPSA) is 84.5 Å². The van der Waals surface area contributed by atoms with E-state index in [0.29, 0.717) is 0 Å². The minimum Gasteiger partial charge on any atom is -0.381 e. The van der Waals surface area contributed by atoms with Crippen molar-refractivity contribution < 1.29 is 22.3 Å². The van der Waals surface area contributed by atoms with Gasteiger partial charge in [0.1, 0.15) is 10.7 Å². The lowest BCUT2D eigenvalue weighted by atomic mass is 9.60. The van der Waals surface area contributed by atoms with E-state index in [1.54, 1.807) is 0 Å². The van der Waals surface area contributed by atoms with Crippen molar-refractivity contribution in [3.63, 3.8) is 0 Å². The summed E-state index contributed by atoms with van der Waals surface area (Å²) in [5, 5.41) is 3.01. The van der Waals surface area contributed by atoms with Crippen LogP contribution in [0.15, 0.2) is 29.2 Å². The summed E-state index contributed by atoms with van der Waals surface area (Å²) in [5.41, 5.74) is 0.153. The van der Waals surface area contributed by atoms with Crippen LogP contribution in [0.2, 0.25) is 0 Å². The van der Waals surface area contributed by atoms with E-state index < -0.39 is 20.7 Å². The van der Waals surface area contributed by atoms with Crippen LogP contribution in [0.3, 0.4) is 0 Å². The summed E-state index contributed by atoms with van der Waals surface area (Å²) in [5.74, 6) is -0.998. The molecule has 0 radical (unpaired) electrons. The van der Waals surface area contributed by atoms with Gasteiger partial charge in [0.25, 0.3) is 0 Å². The highest BCUT2D eigenvalue weighted by atomic mass is 32.2. The molecule has 1 heterocycles. The first-order chi connectivity index (χ1) is 11.9. The highest BCUT2D eigenvalue weighted by Crippen LogP contribution is 2.48. The van der Waals surface area contributed by atoms with Crippen molar-refractivity contribution in [1.29, 1.82) is 0 Å². The van der Waals surface area contributed by atoms with Crippen LogP contribution in [0, 0.1) is 11.2 Å². The number of carbonyl (C=O) groups is 1. The molecule has 1 aromatic carbocycles. The Morgan fingerprint density at radius 1 is 1.24 bits per heavy atom. The predicted octanol–water partition coefficient (Wildman–Crippen LogP) is 1.57. The van der Waals surface area contributed by atoms with Gasteiger partial charge in [0, 0.05) is 32.2 Å². The van der Waals surface area contributed by atoms with Gasteiger partial charge < -0.3 is 10.1 Å². The zero-order chi connectivity index (χ0) is 17.9. The van der Waals surface area contributed by atoms with Gasteiger partial charge in [0.05, 0.1) is 0 Å². The van der Waals surface area contributed by atoms with Gasteiger partial charge in [0.2, 0.25) is 15.9 Å². The predicted molar refractivity (Wildman–Crippen MR) is 89.9 cm³/mol. The fraction of sp³-hybridized carbons (Fsp3) is 0.588. The third-order valence-corrected chi connectivity index (χ3v) is 6.76. The molecule has 1 aliphatic heterocycles. The lowest BCUT2D eigenvalue weighted by Crippen LogP contribution is -2.57. The third-order valence-electron chi connectivity index (χ3n) is 5.26. The van der Waals surface area contributed by atoms with Gasteiger partial charge >= 0.3 is 0 Å². The number of nitrogens with one attached hydrogen (secondary N) is 2. The summed E-state index contributed by atoms with van der Waals surface area (Å²) < 4.78 is 45.4. The van der Waals surface area contributed by atoms with Crippen molar-refractivity contribution in [3.05, 3.63) is 30.1 Å². The number of rotatable bonds is 6. The van der Waals surface area contributed by atoms with Gasteiger partial charge in [-0.2, -0.15) is 0 Å². The lowest BCUT2D eigenvalue weighted by Gasteiger charge is -2.52. The maximum absolute atomic E-state index is 13.6. The summed E-state index contributed by atoms with van der Waals surface area (Å²) in [7, 11) is -3.96. The molecule has 1 saturated carbocycles. The van der Waals surface area contributed by atoms with Gasteiger partial charge in [-0.1, -0.05) is 12.1 Å². The molecule has 1 amide bonds. The van der Waals surface area contributed by atoms with Crippen LogP contribution in [0.25, 0.3) is 0 Å². The number of benzene rings is 1. The average molecular weight is 370 g/mol. The van der Waals surface area contributed by atoms with E-state index in [2.05, 4.69) is 10.0 Å². The second-order valence-corrected chi connectivity index (χ2v) is 8.45. The van der Waals surface area contributed by atoms with E-state index in [1.165, 1.54) is 18.2 Å². The minimum atomic E-state index is -3.96. The Labute approximate surface area is 147 Å². The monoisotopic (exact) mass is 370 g/mol. The second kappa shape index (κ2) is 7.39. The van der Waals surface area contributed by atoms with E-state index in [1.807, 2.05) is 0 Å². The second-order valence-electron chi connectivity index (χ2n) is 6.71. The molecular formula is C17H23FN2O4S. The number of carbonyl (C=O) groups excluding carboxylic acids is 1. The SMILES string of the molecule is O=C(CCNS(=O)(=O)c1ccccc1F)NC1CCC12CCOCC2. The molecule has 6 nitrogen and oxygen atoms in total. The molecule has 25 heavy (non-hydrogen) atoms. The summed E-state index contributed by atoms with van der Waals surface area (Å²) in [6.45, 7) is 1.40. The molecule has 1 atom stereocenters. The first-order valence-electron chi connectivity index (χ1n) is 8.54. The van der Waals surface area contributed by atoms with Crippen molar-refractivity contribution in [2.45, 2.75) is 43.0 Å². The van der Waals surface area contributed by atoms with E-state index in [4.69, 9.17) is 4.74 Å². The van der Waals surface area contributed by atoms with Crippen molar-refractivity contribution in [1.82, 2.24) is 10.0 Å². The molecule has 1 unspecified atom stereocenters. The molecule has 1 saturated heterocycles. The standard InChI is InChI=1S/C17H23FN2O4S/c18-13-3-1-2-4-14(13)25(22,23)19-10-6-16(21)20-15-5-7-17(15)8-11-24-12-9-17/h1-4,15,19H,5-12H2,(H,20,21). The maximum atomic E-state index is 13.6. The van der Waals surface area contributed by atoms with Crippen LogP contribution in [0.1, 0.15) is 32.1 Å². The van der Waals surface area contributed by atoms with Crippen molar-refractivity contribution in [3.8, 4) is 0 Å². The van der Waals surface area contributed by atoms with Crippen molar-refractivity contribution >= 4 is 15.9 Å². The van der Waals surface area contributed by atoms with E-state index >= 15 is 0 Å². The van der Waals surface area contributed by atoms with Crippen LogP contribution in [0.4, 0.5) is 4.39 Å². The quantitative estimate of drug-likeness (QED) is 0.796. The summed E-state index contributed by atoms with van der Waals surface area (Å²) in [4.78, 5) is 11.7. The molecule has 3 rings (SSSR count). The van der Waals surface area contributed by atoms with Gasteiger partial charge in [-0.05, 0) is 43.2 Å². The molecule has 8 heteroatoms. The normalized spacial score (nSPS) is 22.4. The van der Waals surface area contributed by atoms with Crippen molar-refractivity contribution in [2.24, 2.45) is 5.41 Å². The molecular weight excluding hydrogens is 347 g/mol. The average Bonchev–Trinajstić information content (AvgIpc) is 2.59. The van der Waals surface area contributed by atoms with Crippen molar-refractivity contribution in [2.75, 3.05) is 19.8 Å². The molecule has 0 aromatic heterocycles. The molecule has 2 aliphatic rings. The first-order valence-corrected chi connectivity index (χ1v) is 10.0. The van der Waals surface area contributed by atoms with Gasteiger partial charge in [0.15, 0.2) is 0 Å². The number of halogens is 1. The Morgan fingerprint density at radius 3 is 2.60 bits per heavy atom. The molecule has 0 bridgehead atoms. The Hall–Kier alpha value is -1.51.